The quantitative estimate of drug-likeness (QED) is 0.265. The molecule has 9 heteroatoms. The summed E-state index contributed by atoms with van der Waals surface area (Å²) in [7, 11) is 3.33. The zero-order chi connectivity index (χ0) is 30.9. The molecule has 2 aromatic carbocycles. The molecule has 0 saturated heterocycles. The van der Waals surface area contributed by atoms with Gasteiger partial charge in [0.1, 0.15) is 5.41 Å². The molecule has 0 unspecified atom stereocenters. The molecule has 0 N–H and O–H groups in total. The highest BCUT2D eigenvalue weighted by Crippen LogP contribution is 2.39. The van der Waals surface area contributed by atoms with Crippen molar-refractivity contribution in [1.29, 1.82) is 0 Å². The Morgan fingerprint density at radius 3 is 2.40 bits per heavy atom. The number of benzene rings is 2. The Labute approximate surface area is 252 Å². The number of rotatable bonds is 9. The van der Waals surface area contributed by atoms with Gasteiger partial charge in [0.25, 0.3) is 5.56 Å². The second-order valence-electron chi connectivity index (χ2n) is 11.6. The van der Waals surface area contributed by atoms with Crippen LogP contribution < -0.4 is 20.1 Å². The Kier molecular flexibility index (Phi) is 8.37. The summed E-state index contributed by atoms with van der Waals surface area (Å²) in [6.45, 7) is 9.97. The average Bonchev–Trinajstić information content (AvgIpc) is 3.05. The topological polar surface area (TPSA) is 88.0 Å². The van der Waals surface area contributed by atoms with Crippen LogP contribution in [0.15, 0.2) is 71.5 Å². The third-order valence-corrected chi connectivity index (χ3v) is 8.35. The van der Waals surface area contributed by atoms with Crippen LogP contribution in [-0.4, -0.2) is 53.5 Å². The van der Waals surface area contributed by atoms with Crippen molar-refractivity contribution in [3.8, 4) is 5.88 Å². The lowest BCUT2D eigenvalue weighted by Crippen LogP contribution is -2.47. The number of ether oxygens (including phenoxy) is 1. The standard InChI is InChI=1S/C34H39N5O4/c1-7-38-28-15-12-24(20-29(28)36(5)32(41)34(3,4)33(38)42)21-37(22-26-13-16-30(43-6)35-23(26)2)18-19-39-27-11-9-8-10-25(27)14-17-31(39)40/h8-17,20H,7,18-19,21-22H2,1-6H3. The van der Waals surface area contributed by atoms with E-state index in [0.717, 1.165) is 33.4 Å². The first-order chi connectivity index (χ1) is 20.5. The molecule has 1 aliphatic heterocycles. The maximum Gasteiger partial charge on any atom is 0.251 e. The summed E-state index contributed by atoms with van der Waals surface area (Å²) < 4.78 is 7.13. The first-order valence-electron chi connectivity index (χ1n) is 14.6. The molecule has 43 heavy (non-hydrogen) atoms. The van der Waals surface area contributed by atoms with Crippen molar-refractivity contribution in [2.75, 3.05) is 37.0 Å². The van der Waals surface area contributed by atoms with Gasteiger partial charge in [-0.3, -0.25) is 19.3 Å². The van der Waals surface area contributed by atoms with Crippen molar-refractivity contribution in [2.24, 2.45) is 5.41 Å². The van der Waals surface area contributed by atoms with Crippen molar-refractivity contribution >= 4 is 34.1 Å². The Morgan fingerprint density at radius 2 is 1.67 bits per heavy atom. The Balaban J connectivity index is 1.50. The fraction of sp³-hybridized carbons (Fsp3) is 0.353. The van der Waals surface area contributed by atoms with Gasteiger partial charge in [-0.25, -0.2) is 4.98 Å². The summed E-state index contributed by atoms with van der Waals surface area (Å²) in [6, 6.07) is 21.2. The van der Waals surface area contributed by atoms with Gasteiger partial charge in [-0.2, -0.15) is 0 Å². The molecule has 0 radical (unpaired) electrons. The fourth-order valence-corrected chi connectivity index (χ4v) is 5.82. The molecule has 5 rings (SSSR count). The van der Waals surface area contributed by atoms with E-state index >= 15 is 0 Å². The van der Waals surface area contributed by atoms with Crippen molar-refractivity contribution in [2.45, 2.75) is 47.3 Å². The van der Waals surface area contributed by atoms with E-state index < -0.39 is 5.41 Å². The van der Waals surface area contributed by atoms with Gasteiger partial charge in [-0.05, 0) is 68.5 Å². The molecule has 224 valence electrons. The maximum atomic E-state index is 13.4. The number of nitrogens with zero attached hydrogens (tertiary/aromatic N) is 5. The minimum Gasteiger partial charge on any atom is -0.481 e. The van der Waals surface area contributed by atoms with Crippen molar-refractivity contribution < 1.29 is 14.3 Å². The second kappa shape index (κ2) is 12.0. The Morgan fingerprint density at radius 1 is 0.907 bits per heavy atom. The van der Waals surface area contributed by atoms with E-state index in [4.69, 9.17) is 4.74 Å². The maximum absolute atomic E-state index is 13.4. The van der Waals surface area contributed by atoms with Crippen LogP contribution in [0.3, 0.4) is 0 Å². The highest BCUT2D eigenvalue weighted by Gasteiger charge is 2.45. The number of fused-ring (bicyclic) bond motifs is 2. The van der Waals surface area contributed by atoms with Gasteiger partial charge in [0.05, 0.1) is 24.0 Å². The molecule has 0 saturated carbocycles. The van der Waals surface area contributed by atoms with Gasteiger partial charge in [-0.1, -0.05) is 30.3 Å². The van der Waals surface area contributed by atoms with Crippen LogP contribution in [0.2, 0.25) is 0 Å². The SMILES string of the molecule is CCN1C(=O)C(C)(C)C(=O)N(C)c2cc(CN(CCn3c(=O)ccc4ccccc43)Cc3ccc(OC)nc3C)ccc21. The van der Waals surface area contributed by atoms with Gasteiger partial charge in [0.2, 0.25) is 17.7 Å². The highest BCUT2D eigenvalue weighted by atomic mass is 16.5. The molecule has 0 aliphatic carbocycles. The van der Waals surface area contributed by atoms with Gasteiger partial charge in [0.15, 0.2) is 0 Å². The molecule has 2 amide bonds. The monoisotopic (exact) mass is 581 g/mol. The number of aryl methyl sites for hydroxylation is 1. The van der Waals surface area contributed by atoms with E-state index in [9.17, 15) is 14.4 Å². The minimum absolute atomic E-state index is 0.0435. The lowest BCUT2D eigenvalue weighted by Gasteiger charge is -2.27. The molecule has 9 nitrogen and oxygen atoms in total. The molecule has 2 aromatic heterocycles. The molecule has 0 atom stereocenters. The van der Waals surface area contributed by atoms with Gasteiger partial charge < -0.3 is 19.1 Å². The summed E-state index contributed by atoms with van der Waals surface area (Å²) >= 11 is 0. The molecular formula is C34H39N5O4. The first-order valence-corrected chi connectivity index (χ1v) is 14.6. The Bertz CT molecular complexity index is 1740. The summed E-state index contributed by atoms with van der Waals surface area (Å²) in [5, 5.41) is 1.01. The Hall–Kier alpha value is -4.50. The van der Waals surface area contributed by atoms with Crippen LogP contribution >= 0.6 is 0 Å². The van der Waals surface area contributed by atoms with Crippen LogP contribution in [0.5, 0.6) is 5.88 Å². The second-order valence-corrected chi connectivity index (χ2v) is 11.6. The zero-order valence-electron chi connectivity index (χ0n) is 25.8. The zero-order valence-corrected chi connectivity index (χ0v) is 25.8. The summed E-state index contributed by atoms with van der Waals surface area (Å²) in [5.41, 5.74) is 4.03. The molecule has 0 spiro atoms. The van der Waals surface area contributed by atoms with Crippen LogP contribution in [-0.2, 0) is 29.2 Å². The number of para-hydroxylation sites is 1. The smallest absolute Gasteiger partial charge is 0.251 e. The fourth-order valence-electron chi connectivity index (χ4n) is 5.82. The number of carbonyl (C=O) groups excluding carboxylic acids is 2. The van der Waals surface area contributed by atoms with E-state index in [-0.39, 0.29) is 17.4 Å². The molecule has 4 aromatic rings. The van der Waals surface area contributed by atoms with Crippen molar-refractivity contribution in [3.63, 3.8) is 0 Å². The number of anilines is 2. The molecular weight excluding hydrogens is 542 g/mol. The van der Waals surface area contributed by atoms with Gasteiger partial charge in [-0.15, -0.1) is 0 Å². The van der Waals surface area contributed by atoms with Crippen LogP contribution in [0.25, 0.3) is 10.9 Å². The van der Waals surface area contributed by atoms with Crippen LogP contribution in [0.4, 0.5) is 11.4 Å². The van der Waals surface area contributed by atoms with E-state index in [1.54, 1.807) is 43.9 Å². The predicted octanol–water partition coefficient (Wildman–Crippen LogP) is 4.77. The van der Waals surface area contributed by atoms with Gasteiger partial charge >= 0.3 is 0 Å². The normalized spacial score (nSPS) is 14.8. The van der Waals surface area contributed by atoms with Crippen LogP contribution in [0, 0.1) is 12.3 Å². The van der Waals surface area contributed by atoms with E-state index in [0.29, 0.717) is 44.3 Å². The number of aromatic nitrogens is 2. The average molecular weight is 582 g/mol. The summed E-state index contributed by atoms with van der Waals surface area (Å²) in [4.78, 5) is 49.8. The lowest BCUT2D eigenvalue weighted by molar-refractivity contribution is -0.137. The van der Waals surface area contributed by atoms with Crippen molar-refractivity contribution in [1.82, 2.24) is 14.5 Å². The number of pyridine rings is 2. The van der Waals surface area contributed by atoms with Crippen molar-refractivity contribution in [3.05, 3.63) is 93.9 Å². The minimum atomic E-state index is -1.17. The molecule has 1 aliphatic rings. The number of methoxy groups -OCH3 is 1. The number of carbonyl (C=O) groups is 2. The van der Waals surface area contributed by atoms with Gasteiger partial charge in [0, 0.05) is 57.6 Å². The third kappa shape index (κ3) is 5.77. The largest absolute Gasteiger partial charge is 0.481 e. The first kappa shape index (κ1) is 30.0. The summed E-state index contributed by atoms with van der Waals surface area (Å²) in [6.07, 6.45) is 0. The van der Waals surface area contributed by atoms with E-state index in [1.807, 2.05) is 79.1 Å². The summed E-state index contributed by atoms with van der Waals surface area (Å²) in [5.74, 6) is 0.119. The van der Waals surface area contributed by atoms with E-state index in [2.05, 4.69) is 9.88 Å². The lowest BCUT2D eigenvalue weighted by atomic mass is 9.90. The molecule has 3 heterocycles. The van der Waals surface area contributed by atoms with E-state index in [1.165, 1.54) is 0 Å². The highest BCUT2D eigenvalue weighted by molar-refractivity contribution is 6.19. The van der Waals surface area contributed by atoms with Crippen LogP contribution in [0.1, 0.15) is 37.6 Å². The number of amides is 2. The number of hydrogen-bond acceptors (Lipinski definition) is 6. The predicted molar refractivity (Wildman–Crippen MR) is 170 cm³/mol. The molecule has 0 bridgehead atoms. The third-order valence-electron chi connectivity index (χ3n) is 8.35. The number of hydrogen-bond donors (Lipinski definition) is 0. The molecule has 0 fully saturated rings.